The minimum absolute atomic E-state index is 0.102. The molecule has 1 aromatic heterocycles. The fraction of sp³-hybridized carbons (Fsp3) is 0.357. The van der Waals surface area contributed by atoms with Crippen LogP contribution in [0.5, 0.6) is 5.75 Å². The summed E-state index contributed by atoms with van der Waals surface area (Å²) < 4.78 is 49.6. The van der Waals surface area contributed by atoms with E-state index < -0.39 is 11.7 Å². The number of carbonyl (C=O) groups excluding carboxylic acids is 2. The van der Waals surface area contributed by atoms with Crippen molar-refractivity contribution < 1.29 is 32.2 Å². The van der Waals surface area contributed by atoms with Crippen LogP contribution in [0.1, 0.15) is 64.4 Å². The van der Waals surface area contributed by atoms with Gasteiger partial charge in [0.1, 0.15) is 11.9 Å². The van der Waals surface area contributed by atoms with E-state index in [0.29, 0.717) is 16.2 Å². The number of amides is 1. The number of rotatable bonds is 11. The first kappa shape index (κ1) is 28.2. The zero-order valence-corrected chi connectivity index (χ0v) is 21.8. The van der Waals surface area contributed by atoms with Gasteiger partial charge in [-0.1, -0.05) is 31.5 Å². The lowest BCUT2D eigenvalue weighted by Gasteiger charge is -2.19. The summed E-state index contributed by atoms with van der Waals surface area (Å²) in [6.45, 7) is 4.18. The molecule has 1 atom stereocenters. The molecule has 198 valence electrons. The Bertz CT molecular complexity index is 1200. The van der Waals surface area contributed by atoms with Crippen LogP contribution in [0.3, 0.4) is 0 Å². The lowest BCUT2D eigenvalue weighted by molar-refractivity contribution is -0.140. The van der Waals surface area contributed by atoms with Gasteiger partial charge in [-0.2, -0.15) is 13.2 Å². The molecule has 1 unspecified atom stereocenters. The third kappa shape index (κ3) is 7.82. The van der Waals surface area contributed by atoms with Crippen LogP contribution in [-0.4, -0.2) is 25.5 Å². The van der Waals surface area contributed by atoms with Crippen LogP contribution in [0.2, 0.25) is 0 Å². The highest BCUT2D eigenvalue weighted by molar-refractivity contribution is 7.14. The summed E-state index contributed by atoms with van der Waals surface area (Å²) in [6, 6.07) is 14.3. The molecule has 0 radical (unpaired) electrons. The average Bonchev–Trinajstić information content (AvgIpc) is 3.36. The fourth-order valence-corrected chi connectivity index (χ4v) is 4.79. The number of nitrogens with one attached hydrogen (secondary N) is 1. The molecular formula is C28H30F3NO4S. The van der Waals surface area contributed by atoms with Crippen LogP contribution in [0, 0.1) is 6.92 Å². The first-order valence-electron chi connectivity index (χ1n) is 12.0. The molecule has 0 fully saturated rings. The molecule has 2 aromatic carbocycles. The summed E-state index contributed by atoms with van der Waals surface area (Å²) in [7, 11) is 1.30. The van der Waals surface area contributed by atoms with Crippen molar-refractivity contribution in [1.29, 1.82) is 0 Å². The number of halogens is 3. The van der Waals surface area contributed by atoms with Crippen LogP contribution >= 0.6 is 11.3 Å². The Balaban J connectivity index is 1.72. The quantitative estimate of drug-likeness (QED) is 0.262. The molecule has 1 heterocycles. The number of aryl methyl sites for hydroxylation is 1. The number of hydrogen-bond donors (Lipinski definition) is 1. The molecule has 0 aliphatic carbocycles. The molecule has 0 aliphatic heterocycles. The van der Waals surface area contributed by atoms with Crippen molar-refractivity contribution in [1.82, 2.24) is 5.32 Å². The van der Waals surface area contributed by atoms with Crippen LogP contribution in [0.4, 0.5) is 13.2 Å². The van der Waals surface area contributed by atoms with Crippen LogP contribution < -0.4 is 10.1 Å². The minimum Gasteiger partial charge on any atom is -0.485 e. The number of carbonyl (C=O) groups is 2. The normalized spacial score (nSPS) is 12.2. The summed E-state index contributed by atoms with van der Waals surface area (Å²) >= 11 is 1.35. The van der Waals surface area contributed by atoms with Crippen molar-refractivity contribution in [3.8, 4) is 16.9 Å². The molecule has 37 heavy (non-hydrogen) atoms. The molecule has 1 N–H and O–H groups in total. The molecule has 0 saturated heterocycles. The van der Waals surface area contributed by atoms with Gasteiger partial charge < -0.3 is 14.8 Å². The molecule has 0 spiro atoms. The highest BCUT2D eigenvalue weighted by Crippen LogP contribution is 2.35. The maximum Gasteiger partial charge on any atom is 0.416 e. The van der Waals surface area contributed by atoms with Gasteiger partial charge in [-0.3, -0.25) is 9.59 Å². The van der Waals surface area contributed by atoms with Crippen molar-refractivity contribution in [2.45, 2.75) is 51.8 Å². The smallest absolute Gasteiger partial charge is 0.416 e. The highest BCUT2D eigenvalue weighted by Gasteiger charge is 2.30. The summed E-state index contributed by atoms with van der Waals surface area (Å²) in [6.07, 6.45) is -1.84. The second-order valence-corrected chi connectivity index (χ2v) is 9.70. The number of hydrogen-bond acceptors (Lipinski definition) is 5. The Morgan fingerprint density at radius 3 is 2.41 bits per heavy atom. The molecule has 3 aromatic rings. The summed E-state index contributed by atoms with van der Waals surface area (Å²) in [5.74, 6) is -0.00212. The van der Waals surface area contributed by atoms with E-state index in [1.54, 1.807) is 6.07 Å². The van der Waals surface area contributed by atoms with Gasteiger partial charge in [-0.15, -0.1) is 11.3 Å². The number of unbranched alkanes of at least 4 members (excludes halogenated alkanes) is 1. The Hall–Kier alpha value is -3.33. The molecule has 0 aliphatic rings. The molecule has 3 rings (SSSR count). The maximum absolute atomic E-state index is 12.9. The molecule has 0 saturated carbocycles. The highest BCUT2D eigenvalue weighted by atomic mass is 32.1. The van der Waals surface area contributed by atoms with Crippen LogP contribution in [-0.2, 0) is 15.7 Å². The molecule has 9 heteroatoms. The van der Waals surface area contributed by atoms with E-state index in [0.717, 1.165) is 47.4 Å². The molecular weight excluding hydrogens is 503 g/mol. The van der Waals surface area contributed by atoms with Crippen molar-refractivity contribution in [2.24, 2.45) is 0 Å². The number of thiophene rings is 1. The second-order valence-electron chi connectivity index (χ2n) is 8.58. The van der Waals surface area contributed by atoms with Gasteiger partial charge in [0.15, 0.2) is 0 Å². The van der Waals surface area contributed by atoms with Crippen LogP contribution in [0.25, 0.3) is 11.1 Å². The topological polar surface area (TPSA) is 64.6 Å². The van der Waals surface area contributed by atoms with E-state index in [4.69, 9.17) is 4.74 Å². The Labute approximate surface area is 218 Å². The fourth-order valence-electron chi connectivity index (χ4n) is 3.80. The maximum atomic E-state index is 12.9. The van der Waals surface area contributed by atoms with Gasteiger partial charge >= 0.3 is 12.1 Å². The second kappa shape index (κ2) is 12.8. The van der Waals surface area contributed by atoms with Gasteiger partial charge in [0.05, 0.1) is 24.0 Å². The zero-order valence-electron chi connectivity index (χ0n) is 21.0. The third-order valence-electron chi connectivity index (χ3n) is 5.83. The zero-order chi connectivity index (χ0) is 27.0. The van der Waals surface area contributed by atoms with E-state index in [2.05, 4.69) is 17.0 Å². The summed E-state index contributed by atoms with van der Waals surface area (Å²) in [5, 5.41) is 2.72. The predicted octanol–water partition coefficient (Wildman–Crippen LogP) is 7.35. The predicted molar refractivity (Wildman–Crippen MR) is 138 cm³/mol. The number of alkyl halides is 3. The molecule has 0 bridgehead atoms. The summed E-state index contributed by atoms with van der Waals surface area (Å²) in [4.78, 5) is 25.1. The standard InChI is InChI=1S/C28H30F3NO4S/c1-4-5-6-23(24-13-14-25(37-24)27(34)32-16-15-26(33)35-3)36-21-11-12-22(18(2)17-21)19-7-9-20(10-8-19)28(29,30)31/h7-14,17,23H,4-6,15-16H2,1-3H3,(H,32,34). The lowest BCUT2D eigenvalue weighted by Crippen LogP contribution is -2.25. The van der Waals surface area contributed by atoms with E-state index >= 15 is 0 Å². The largest absolute Gasteiger partial charge is 0.485 e. The Morgan fingerprint density at radius 1 is 1.05 bits per heavy atom. The van der Waals surface area contributed by atoms with Crippen molar-refractivity contribution >= 4 is 23.2 Å². The van der Waals surface area contributed by atoms with E-state index in [1.165, 1.54) is 30.6 Å². The van der Waals surface area contributed by atoms with Crippen molar-refractivity contribution in [3.63, 3.8) is 0 Å². The first-order valence-corrected chi connectivity index (χ1v) is 12.8. The van der Waals surface area contributed by atoms with Gasteiger partial charge in [0.25, 0.3) is 5.91 Å². The molecule has 5 nitrogen and oxygen atoms in total. The van der Waals surface area contributed by atoms with Crippen molar-refractivity contribution in [3.05, 3.63) is 75.5 Å². The first-order chi connectivity index (χ1) is 17.6. The number of esters is 1. The van der Waals surface area contributed by atoms with Crippen molar-refractivity contribution in [2.75, 3.05) is 13.7 Å². The number of methoxy groups -OCH3 is 1. The van der Waals surface area contributed by atoms with Gasteiger partial charge in [0.2, 0.25) is 0 Å². The number of ether oxygens (including phenoxy) is 2. The van der Waals surface area contributed by atoms with E-state index in [1.807, 2.05) is 31.2 Å². The minimum atomic E-state index is -4.37. The molecule has 1 amide bonds. The Morgan fingerprint density at radius 2 is 1.78 bits per heavy atom. The Kier molecular flexibility index (Phi) is 9.74. The number of benzene rings is 2. The summed E-state index contributed by atoms with van der Waals surface area (Å²) in [5.41, 5.74) is 1.72. The van der Waals surface area contributed by atoms with Gasteiger partial charge in [0, 0.05) is 11.4 Å². The van der Waals surface area contributed by atoms with Crippen LogP contribution in [0.15, 0.2) is 54.6 Å². The third-order valence-corrected chi connectivity index (χ3v) is 7.01. The van der Waals surface area contributed by atoms with E-state index in [9.17, 15) is 22.8 Å². The average molecular weight is 534 g/mol. The van der Waals surface area contributed by atoms with Gasteiger partial charge in [-0.25, -0.2) is 0 Å². The monoisotopic (exact) mass is 533 g/mol. The van der Waals surface area contributed by atoms with E-state index in [-0.39, 0.29) is 30.9 Å². The van der Waals surface area contributed by atoms with Gasteiger partial charge in [-0.05, 0) is 72.9 Å². The lowest BCUT2D eigenvalue weighted by atomic mass is 9.99. The SMILES string of the molecule is CCCCC(Oc1ccc(-c2ccc(C(F)(F)F)cc2)c(C)c1)c1ccc(C(=O)NCCC(=O)OC)s1.